The van der Waals surface area contributed by atoms with Crippen LogP contribution in [0.3, 0.4) is 0 Å². The van der Waals surface area contributed by atoms with Crippen LogP contribution >= 0.6 is 23.6 Å². The van der Waals surface area contributed by atoms with Crippen LogP contribution in [-0.2, 0) is 4.74 Å². The Balaban J connectivity index is 1.67. The van der Waals surface area contributed by atoms with E-state index in [0.29, 0.717) is 29.0 Å². The van der Waals surface area contributed by atoms with Crippen LogP contribution < -0.4 is 10.7 Å². The fraction of sp³-hybridized carbons (Fsp3) is 0.333. The Hall–Kier alpha value is -1.88. The summed E-state index contributed by atoms with van der Waals surface area (Å²) in [5, 5.41) is 16.8. The lowest BCUT2D eigenvalue weighted by molar-refractivity contribution is -0.384. The number of rotatable bonds is 3. The highest BCUT2D eigenvalue weighted by molar-refractivity contribution is 7.80. The van der Waals surface area contributed by atoms with Crippen LogP contribution in [0.5, 0.6) is 0 Å². The van der Waals surface area contributed by atoms with Crippen molar-refractivity contribution in [2.75, 3.05) is 31.6 Å². The van der Waals surface area contributed by atoms with Gasteiger partial charge in [0.2, 0.25) is 0 Å². The molecule has 1 aliphatic heterocycles. The summed E-state index contributed by atoms with van der Waals surface area (Å²) in [7, 11) is 0. The van der Waals surface area contributed by atoms with Crippen molar-refractivity contribution in [1.29, 1.82) is 0 Å². The molecule has 1 aromatic carbocycles. The van der Waals surface area contributed by atoms with Crippen molar-refractivity contribution in [3.8, 4) is 0 Å². The Kier molecular flexibility index (Phi) is 4.43. The Bertz CT molecular complexity index is 714. The topological polar surface area (TPSA) is 92.6 Å². The van der Waals surface area contributed by atoms with Crippen LogP contribution in [0.15, 0.2) is 18.2 Å². The summed E-state index contributed by atoms with van der Waals surface area (Å²) < 4.78 is 6.00. The molecule has 1 aromatic heterocycles. The predicted octanol–water partition coefficient (Wildman–Crippen LogP) is 1.74. The third-order valence-corrected chi connectivity index (χ3v) is 4.20. The van der Waals surface area contributed by atoms with Gasteiger partial charge in [-0.15, -0.1) is 0 Å². The van der Waals surface area contributed by atoms with E-state index in [2.05, 4.69) is 15.7 Å². The quantitative estimate of drug-likeness (QED) is 0.496. The van der Waals surface area contributed by atoms with Gasteiger partial charge in [-0.05, 0) is 18.3 Å². The lowest BCUT2D eigenvalue weighted by Crippen LogP contribution is -2.49. The number of benzene rings is 1. The molecule has 2 N–H and O–H groups in total. The first-order valence-corrected chi connectivity index (χ1v) is 7.79. The van der Waals surface area contributed by atoms with Crippen LogP contribution in [0.2, 0.25) is 0 Å². The lowest BCUT2D eigenvalue weighted by atomic mass is 10.3. The summed E-state index contributed by atoms with van der Waals surface area (Å²) in [6.45, 7) is 2.85. The first-order valence-electron chi connectivity index (χ1n) is 6.57. The molecule has 2 aromatic rings. The normalized spacial score (nSPS) is 15.6. The van der Waals surface area contributed by atoms with E-state index in [0.717, 1.165) is 17.8 Å². The number of nitrogens with one attached hydrogen (secondary N) is 2. The third-order valence-electron chi connectivity index (χ3n) is 3.07. The van der Waals surface area contributed by atoms with Gasteiger partial charge >= 0.3 is 0 Å². The zero-order valence-corrected chi connectivity index (χ0v) is 13.1. The minimum absolute atomic E-state index is 0.0525. The van der Waals surface area contributed by atoms with Gasteiger partial charge < -0.3 is 10.1 Å². The van der Waals surface area contributed by atoms with Gasteiger partial charge in [0.25, 0.3) is 5.69 Å². The van der Waals surface area contributed by atoms with Gasteiger partial charge in [-0.1, -0.05) is 11.3 Å². The average molecular weight is 339 g/mol. The number of hydrogen-bond donors (Lipinski definition) is 2. The molecule has 0 amide bonds. The molecule has 1 saturated heterocycles. The molecule has 0 saturated carbocycles. The number of nitrogens with zero attached hydrogens (tertiary/aromatic N) is 3. The van der Waals surface area contributed by atoms with Gasteiger partial charge in [0.15, 0.2) is 10.2 Å². The first kappa shape index (κ1) is 15.0. The molecule has 0 atom stereocenters. The molecule has 0 radical (unpaired) electrons. The van der Waals surface area contributed by atoms with Gasteiger partial charge in [-0.25, -0.2) is 9.99 Å². The zero-order valence-electron chi connectivity index (χ0n) is 11.4. The van der Waals surface area contributed by atoms with Crippen molar-refractivity contribution in [2.24, 2.45) is 0 Å². The number of thiazole rings is 1. The molecule has 1 aliphatic rings. The molecule has 2 heterocycles. The SMILES string of the molecule is O=[N+]([O-])c1ccc2nc(NC(=S)NN3CCOCC3)sc2c1. The highest BCUT2D eigenvalue weighted by Gasteiger charge is 2.13. The molecule has 0 bridgehead atoms. The van der Waals surface area contributed by atoms with E-state index in [-0.39, 0.29) is 5.69 Å². The molecule has 116 valence electrons. The molecular weight excluding hydrogens is 326 g/mol. The molecule has 3 rings (SSSR count). The number of nitro groups is 1. The zero-order chi connectivity index (χ0) is 15.5. The van der Waals surface area contributed by atoms with E-state index in [1.807, 2.05) is 5.01 Å². The minimum Gasteiger partial charge on any atom is -0.379 e. The average Bonchev–Trinajstić information content (AvgIpc) is 2.89. The maximum atomic E-state index is 10.8. The van der Waals surface area contributed by atoms with Gasteiger partial charge in [-0.2, -0.15) is 0 Å². The number of aromatic nitrogens is 1. The number of thiocarbonyl (C=S) groups is 1. The maximum Gasteiger partial charge on any atom is 0.270 e. The molecule has 1 fully saturated rings. The summed E-state index contributed by atoms with van der Waals surface area (Å²) in [5.74, 6) is 0. The van der Waals surface area contributed by atoms with E-state index >= 15 is 0 Å². The van der Waals surface area contributed by atoms with Crippen molar-refractivity contribution in [3.63, 3.8) is 0 Å². The summed E-state index contributed by atoms with van der Waals surface area (Å²) in [6, 6.07) is 4.58. The molecule has 0 unspecified atom stereocenters. The highest BCUT2D eigenvalue weighted by atomic mass is 32.1. The van der Waals surface area contributed by atoms with Crippen molar-refractivity contribution >= 4 is 49.7 Å². The standard InChI is InChI=1S/C12H13N5O3S2/c18-17(19)8-1-2-9-10(7-8)22-12(13-9)14-11(21)15-16-3-5-20-6-4-16/h1-2,7H,3-6H2,(H2,13,14,15,21). The van der Waals surface area contributed by atoms with Crippen molar-refractivity contribution in [1.82, 2.24) is 15.4 Å². The second kappa shape index (κ2) is 6.48. The van der Waals surface area contributed by atoms with Gasteiger partial charge in [0.05, 0.1) is 28.4 Å². The Labute approximate surface area is 135 Å². The number of hydrazine groups is 1. The van der Waals surface area contributed by atoms with Crippen LogP contribution in [0.25, 0.3) is 10.2 Å². The Morgan fingerprint density at radius 2 is 2.23 bits per heavy atom. The van der Waals surface area contributed by atoms with Crippen molar-refractivity contribution < 1.29 is 9.66 Å². The number of nitro benzene ring substituents is 1. The van der Waals surface area contributed by atoms with Gasteiger partial charge in [0.1, 0.15) is 0 Å². The van der Waals surface area contributed by atoms with E-state index in [9.17, 15) is 10.1 Å². The summed E-state index contributed by atoms with van der Waals surface area (Å²) >= 11 is 6.56. The molecule has 22 heavy (non-hydrogen) atoms. The maximum absolute atomic E-state index is 10.8. The fourth-order valence-electron chi connectivity index (χ4n) is 2.02. The van der Waals surface area contributed by atoms with Crippen LogP contribution in [0, 0.1) is 10.1 Å². The Morgan fingerprint density at radius 3 is 2.95 bits per heavy atom. The van der Waals surface area contributed by atoms with Crippen LogP contribution in [0.4, 0.5) is 10.8 Å². The number of non-ortho nitro benzene ring substituents is 1. The number of anilines is 1. The van der Waals surface area contributed by atoms with E-state index in [1.165, 1.54) is 23.5 Å². The number of ether oxygens (including phenoxy) is 1. The fourth-order valence-corrected chi connectivity index (χ4v) is 3.22. The lowest BCUT2D eigenvalue weighted by Gasteiger charge is -2.27. The molecule has 0 aliphatic carbocycles. The minimum atomic E-state index is -0.420. The van der Waals surface area contributed by atoms with E-state index in [1.54, 1.807) is 6.07 Å². The van der Waals surface area contributed by atoms with E-state index in [4.69, 9.17) is 17.0 Å². The second-order valence-electron chi connectivity index (χ2n) is 4.59. The van der Waals surface area contributed by atoms with Crippen molar-refractivity contribution in [3.05, 3.63) is 28.3 Å². The predicted molar refractivity (Wildman–Crippen MR) is 88.0 cm³/mol. The molecule has 0 spiro atoms. The molecule has 10 heteroatoms. The van der Waals surface area contributed by atoms with Crippen LogP contribution in [-0.4, -0.2) is 46.3 Å². The summed E-state index contributed by atoms with van der Waals surface area (Å²) in [5.41, 5.74) is 3.83. The van der Waals surface area contributed by atoms with Crippen molar-refractivity contribution in [2.45, 2.75) is 0 Å². The smallest absolute Gasteiger partial charge is 0.270 e. The Morgan fingerprint density at radius 1 is 1.45 bits per heavy atom. The largest absolute Gasteiger partial charge is 0.379 e. The number of hydrogen-bond acceptors (Lipinski definition) is 7. The highest BCUT2D eigenvalue weighted by Crippen LogP contribution is 2.29. The molecule has 8 nitrogen and oxygen atoms in total. The summed E-state index contributed by atoms with van der Waals surface area (Å²) in [4.78, 5) is 14.7. The summed E-state index contributed by atoms with van der Waals surface area (Å²) in [6.07, 6.45) is 0. The number of fused-ring (bicyclic) bond motifs is 1. The first-order chi connectivity index (χ1) is 10.6. The number of morpholine rings is 1. The van der Waals surface area contributed by atoms with Crippen LogP contribution in [0.1, 0.15) is 0 Å². The van der Waals surface area contributed by atoms with Gasteiger partial charge in [-0.3, -0.25) is 15.5 Å². The molecular formula is C12H13N5O3S2. The third kappa shape index (κ3) is 3.47. The monoisotopic (exact) mass is 339 g/mol. The second-order valence-corrected chi connectivity index (χ2v) is 6.03. The van der Waals surface area contributed by atoms with E-state index < -0.39 is 4.92 Å². The van der Waals surface area contributed by atoms with Gasteiger partial charge in [0, 0.05) is 25.2 Å².